The van der Waals surface area contributed by atoms with Crippen molar-refractivity contribution in [1.82, 2.24) is 0 Å². The van der Waals surface area contributed by atoms with Crippen LogP contribution in [0.1, 0.15) is 5.76 Å². The van der Waals surface area contributed by atoms with Gasteiger partial charge in [0.1, 0.15) is 5.76 Å². The summed E-state index contributed by atoms with van der Waals surface area (Å²) >= 11 is 8.30. The minimum absolute atomic E-state index is 0.646. The standard InChI is InChI=1S/C11H9ClINO/c12-10-6-8(13)3-4-11(10)14-7-9-2-1-5-15-9/h1-6,14H,7H2. The van der Waals surface area contributed by atoms with Gasteiger partial charge >= 0.3 is 0 Å². The molecule has 15 heavy (non-hydrogen) atoms. The summed E-state index contributed by atoms with van der Waals surface area (Å²) in [4.78, 5) is 0. The zero-order chi connectivity index (χ0) is 10.7. The van der Waals surface area contributed by atoms with Crippen molar-refractivity contribution in [2.75, 3.05) is 5.32 Å². The molecular weight excluding hydrogens is 324 g/mol. The maximum Gasteiger partial charge on any atom is 0.122 e. The maximum absolute atomic E-state index is 6.07. The average Bonchev–Trinajstić information content (AvgIpc) is 2.69. The third kappa shape index (κ3) is 2.89. The second-order valence-electron chi connectivity index (χ2n) is 3.06. The number of rotatable bonds is 3. The van der Waals surface area contributed by atoms with E-state index in [1.54, 1.807) is 6.26 Å². The van der Waals surface area contributed by atoms with Crippen molar-refractivity contribution in [2.24, 2.45) is 0 Å². The number of hydrogen-bond acceptors (Lipinski definition) is 2. The third-order valence-electron chi connectivity index (χ3n) is 1.96. The maximum atomic E-state index is 6.07. The molecule has 1 aromatic carbocycles. The fraction of sp³-hybridized carbons (Fsp3) is 0.0909. The normalized spacial score (nSPS) is 10.3. The average molecular weight is 334 g/mol. The van der Waals surface area contributed by atoms with E-state index in [1.807, 2.05) is 30.3 Å². The molecule has 2 aromatic rings. The Morgan fingerprint density at radius 2 is 2.20 bits per heavy atom. The highest BCUT2D eigenvalue weighted by atomic mass is 127. The summed E-state index contributed by atoms with van der Waals surface area (Å²) in [6, 6.07) is 9.69. The van der Waals surface area contributed by atoms with Gasteiger partial charge in [0.15, 0.2) is 0 Å². The first-order valence-electron chi connectivity index (χ1n) is 4.47. The highest BCUT2D eigenvalue weighted by molar-refractivity contribution is 14.1. The molecule has 0 atom stereocenters. The molecule has 1 aromatic heterocycles. The number of furan rings is 1. The van der Waals surface area contributed by atoms with Crippen molar-refractivity contribution >= 4 is 39.9 Å². The number of halogens is 2. The first kappa shape index (κ1) is 10.8. The number of hydrogen-bond donors (Lipinski definition) is 1. The summed E-state index contributed by atoms with van der Waals surface area (Å²) in [7, 11) is 0. The highest BCUT2D eigenvalue weighted by Crippen LogP contribution is 2.24. The summed E-state index contributed by atoms with van der Waals surface area (Å²) < 4.78 is 6.34. The van der Waals surface area contributed by atoms with Crippen LogP contribution in [0, 0.1) is 3.57 Å². The lowest BCUT2D eigenvalue weighted by atomic mass is 10.3. The molecule has 1 heterocycles. The third-order valence-corrected chi connectivity index (χ3v) is 2.95. The number of anilines is 1. The lowest BCUT2D eigenvalue weighted by molar-refractivity contribution is 0.518. The van der Waals surface area contributed by atoms with Crippen LogP contribution in [0.3, 0.4) is 0 Å². The van der Waals surface area contributed by atoms with Crippen molar-refractivity contribution in [3.8, 4) is 0 Å². The molecule has 0 unspecified atom stereocenters. The van der Waals surface area contributed by atoms with E-state index in [2.05, 4.69) is 27.9 Å². The molecule has 1 N–H and O–H groups in total. The van der Waals surface area contributed by atoms with Gasteiger partial charge in [0.05, 0.1) is 23.5 Å². The van der Waals surface area contributed by atoms with Crippen LogP contribution < -0.4 is 5.32 Å². The van der Waals surface area contributed by atoms with Crippen molar-refractivity contribution in [3.05, 3.63) is 50.9 Å². The van der Waals surface area contributed by atoms with Gasteiger partial charge in [-0.1, -0.05) is 11.6 Å². The van der Waals surface area contributed by atoms with Gasteiger partial charge in [0, 0.05) is 3.57 Å². The Labute approximate surface area is 107 Å². The zero-order valence-corrected chi connectivity index (χ0v) is 10.7. The predicted molar refractivity (Wildman–Crippen MR) is 70.2 cm³/mol. The van der Waals surface area contributed by atoms with Gasteiger partial charge in [-0.05, 0) is 52.9 Å². The molecule has 0 spiro atoms. The van der Waals surface area contributed by atoms with E-state index in [9.17, 15) is 0 Å². The smallest absolute Gasteiger partial charge is 0.122 e. The summed E-state index contributed by atoms with van der Waals surface area (Å²) in [5, 5.41) is 3.94. The first-order valence-corrected chi connectivity index (χ1v) is 5.92. The van der Waals surface area contributed by atoms with Gasteiger partial charge in [-0.3, -0.25) is 0 Å². The molecule has 0 fully saturated rings. The highest BCUT2D eigenvalue weighted by Gasteiger charge is 2.01. The molecule has 0 bridgehead atoms. The van der Waals surface area contributed by atoms with E-state index in [0.29, 0.717) is 6.54 Å². The van der Waals surface area contributed by atoms with Crippen LogP contribution in [0.4, 0.5) is 5.69 Å². The van der Waals surface area contributed by atoms with Gasteiger partial charge in [0.25, 0.3) is 0 Å². The van der Waals surface area contributed by atoms with Crippen LogP contribution in [0.5, 0.6) is 0 Å². The molecule has 0 radical (unpaired) electrons. The first-order chi connectivity index (χ1) is 7.25. The van der Waals surface area contributed by atoms with E-state index in [-0.39, 0.29) is 0 Å². The lowest BCUT2D eigenvalue weighted by Gasteiger charge is -2.06. The number of benzene rings is 1. The van der Waals surface area contributed by atoms with Gasteiger partial charge in [0.2, 0.25) is 0 Å². The van der Waals surface area contributed by atoms with Gasteiger partial charge in [-0.25, -0.2) is 0 Å². The molecule has 78 valence electrons. The monoisotopic (exact) mass is 333 g/mol. The second-order valence-corrected chi connectivity index (χ2v) is 4.71. The van der Waals surface area contributed by atoms with E-state index < -0.39 is 0 Å². The Morgan fingerprint density at radius 3 is 2.87 bits per heavy atom. The number of nitrogens with one attached hydrogen (secondary N) is 1. The topological polar surface area (TPSA) is 25.2 Å². The Balaban J connectivity index is 2.05. The fourth-order valence-electron chi connectivity index (χ4n) is 1.23. The summed E-state index contributed by atoms with van der Waals surface area (Å²) in [6.45, 7) is 0.646. The Kier molecular flexibility index (Phi) is 3.53. The molecule has 0 amide bonds. The molecule has 2 nitrogen and oxygen atoms in total. The van der Waals surface area contributed by atoms with Gasteiger partial charge in [-0.2, -0.15) is 0 Å². The minimum Gasteiger partial charge on any atom is -0.467 e. The van der Waals surface area contributed by atoms with E-state index in [1.165, 1.54) is 0 Å². The van der Waals surface area contributed by atoms with Crippen molar-refractivity contribution in [3.63, 3.8) is 0 Å². The SMILES string of the molecule is Clc1cc(I)ccc1NCc1ccco1. The predicted octanol–water partition coefficient (Wildman–Crippen LogP) is 4.15. The lowest BCUT2D eigenvalue weighted by Crippen LogP contribution is -1.98. The fourth-order valence-corrected chi connectivity index (χ4v) is 2.15. The molecule has 0 saturated carbocycles. The summed E-state index contributed by atoms with van der Waals surface area (Å²) in [6.07, 6.45) is 1.66. The summed E-state index contributed by atoms with van der Waals surface area (Å²) in [5.74, 6) is 0.893. The zero-order valence-electron chi connectivity index (χ0n) is 7.84. The van der Waals surface area contributed by atoms with Crippen LogP contribution in [0.2, 0.25) is 5.02 Å². The second kappa shape index (κ2) is 4.90. The molecule has 0 aliphatic heterocycles. The Hall–Kier alpha value is -0.680. The van der Waals surface area contributed by atoms with E-state index >= 15 is 0 Å². The minimum atomic E-state index is 0.646. The van der Waals surface area contributed by atoms with Crippen molar-refractivity contribution in [1.29, 1.82) is 0 Å². The quantitative estimate of drug-likeness (QED) is 0.854. The van der Waals surface area contributed by atoms with Crippen LogP contribution in [0.15, 0.2) is 41.0 Å². The molecule has 0 saturated heterocycles. The van der Waals surface area contributed by atoms with Crippen molar-refractivity contribution in [2.45, 2.75) is 6.54 Å². The van der Waals surface area contributed by atoms with Crippen LogP contribution in [0.25, 0.3) is 0 Å². The largest absolute Gasteiger partial charge is 0.467 e. The molecule has 4 heteroatoms. The van der Waals surface area contributed by atoms with Gasteiger partial charge < -0.3 is 9.73 Å². The van der Waals surface area contributed by atoms with Crippen LogP contribution in [-0.2, 0) is 6.54 Å². The summed E-state index contributed by atoms with van der Waals surface area (Å²) in [5.41, 5.74) is 0.925. The van der Waals surface area contributed by atoms with E-state index in [4.69, 9.17) is 16.0 Å². The Morgan fingerprint density at radius 1 is 1.33 bits per heavy atom. The van der Waals surface area contributed by atoms with Gasteiger partial charge in [-0.15, -0.1) is 0 Å². The molecule has 0 aliphatic rings. The van der Waals surface area contributed by atoms with E-state index in [0.717, 1.165) is 20.0 Å². The molecule has 0 aliphatic carbocycles. The van der Waals surface area contributed by atoms with Crippen LogP contribution in [-0.4, -0.2) is 0 Å². The van der Waals surface area contributed by atoms with Crippen LogP contribution >= 0.6 is 34.2 Å². The molecule has 2 rings (SSSR count). The Bertz CT molecular complexity index is 442. The van der Waals surface area contributed by atoms with Crippen molar-refractivity contribution < 1.29 is 4.42 Å². The molecular formula is C11H9ClINO.